The average Bonchev–Trinajstić information content (AvgIpc) is 3.23. The van der Waals surface area contributed by atoms with E-state index in [0.717, 1.165) is 30.0 Å². The average molecular weight is 486 g/mol. The van der Waals surface area contributed by atoms with Gasteiger partial charge in [0.15, 0.2) is 0 Å². The zero-order chi connectivity index (χ0) is 24.5. The van der Waals surface area contributed by atoms with Gasteiger partial charge in [-0.05, 0) is 61.6 Å². The summed E-state index contributed by atoms with van der Waals surface area (Å²) in [5.74, 6) is 0.319. The Hall–Kier alpha value is -2.91. The normalized spacial score (nSPS) is 22.4. The van der Waals surface area contributed by atoms with Gasteiger partial charge >= 0.3 is 0 Å². The number of rotatable bonds is 6. The lowest BCUT2D eigenvalue weighted by Gasteiger charge is -2.34. The molecule has 4 rings (SSSR count). The van der Waals surface area contributed by atoms with Crippen molar-refractivity contribution in [1.29, 1.82) is 0 Å². The van der Waals surface area contributed by atoms with E-state index in [1.165, 1.54) is 33.3 Å². The lowest BCUT2D eigenvalue weighted by molar-refractivity contribution is -0.120. The van der Waals surface area contributed by atoms with Gasteiger partial charge < -0.3 is 15.0 Å². The Morgan fingerprint density at radius 1 is 1.03 bits per heavy atom. The van der Waals surface area contributed by atoms with Crippen molar-refractivity contribution in [3.63, 3.8) is 0 Å². The number of carbonyl (C=O) groups is 2. The zero-order valence-electron chi connectivity index (χ0n) is 19.7. The zero-order valence-corrected chi connectivity index (χ0v) is 20.5. The molecule has 182 valence electrons. The number of fused-ring (bicyclic) bond motifs is 1. The van der Waals surface area contributed by atoms with Crippen molar-refractivity contribution >= 4 is 27.5 Å². The first-order chi connectivity index (χ1) is 16.2. The predicted octanol–water partition coefficient (Wildman–Crippen LogP) is 3.36. The molecule has 1 saturated heterocycles. The highest BCUT2D eigenvalue weighted by Crippen LogP contribution is 2.41. The van der Waals surface area contributed by atoms with E-state index >= 15 is 0 Å². The third-order valence-electron chi connectivity index (χ3n) is 6.86. The molecule has 1 aliphatic carbocycles. The molecule has 1 heterocycles. The van der Waals surface area contributed by atoms with E-state index in [9.17, 15) is 18.0 Å². The highest BCUT2D eigenvalue weighted by atomic mass is 32.2. The van der Waals surface area contributed by atoms with E-state index in [-0.39, 0.29) is 28.7 Å². The Labute approximate surface area is 200 Å². The van der Waals surface area contributed by atoms with E-state index in [1.54, 1.807) is 35.2 Å². The third kappa shape index (κ3) is 4.54. The molecule has 8 nitrogen and oxygen atoms in total. The van der Waals surface area contributed by atoms with Crippen molar-refractivity contribution in [2.24, 2.45) is 5.92 Å². The van der Waals surface area contributed by atoms with Crippen LogP contribution in [0.4, 0.5) is 5.69 Å². The van der Waals surface area contributed by atoms with E-state index in [0.29, 0.717) is 23.4 Å². The van der Waals surface area contributed by atoms with Gasteiger partial charge in [0.25, 0.3) is 5.91 Å². The van der Waals surface area contributed by atoms with Gasteiger partial charge in [0.1, 0.15) is 11.8 Å². The van der Waals surface area contributed by atoms with E-state index < -0.39 is 16.1 Å². The molecule has 34 heavy (non-hydrogen) atoms. The maximum atomic E-state index is 13.7. The largest absolute Gasteiger partial charge is 0.496 e. The summed E-state index contributed by atoms with van der Waals surface area (Å²) in [7, 11) is 0.918. The van der Waals surface area contributed by atoms with Gasteiger partial charge in [0, 0.05) is 25.8 Å². The molecule has 2 fully saturated rings. The second-order valence-corrected chi connectivity index (χ2v) is 11.2. The fourth-order valence-corrected chi connectivity index (χ4v) is 5.99. The standard InChI is InChI=1S/C25H31N3O5S/c1-27(2)34(31,32)19-14-12-18(13-15-19)26-24(29)22-16-17-8-4-6-10-21(17)28(22)25(30)20-9-5-7-11-23(20)33-3/h5,7,9,11-15,17,21-22H,4,6,8,10,16H2,1-3H3,(H,26,29). The van der Waals surface area contributed by atoms with E-state index in [4.69, 9.17) is 4.74 Å². The summed E-state index contributed by atoms with van der Waals surface area (Å²) in [5.41, 5.74) is 0.939. The maximum Gasteiger partial charge on any atom is 0.258 e. The van der Waals surface area contributed by atoms with Crippen LogP contribution >= 0.6 is 0 Å². The molecule has 1 aliphatic heterocycles. The molecule has 2 aromatic rings. The number of nitrogens with zero attached hydrogens (tertiary/aromatic N) is 2. The lowest BCUT2D eigenvalue weighted by Crippen LogP contribution is -2.48. The molecule has 3 atom stereocenters. The first-order valence-corrected chi connectivity index (χ1v) is 13.0. The van der Waals surface area contributed by atoms with Gasteiger partial charge in [-0.2, -0.15) is 0 Å². The first-order valence-electron chi connectivity index (χ1n) is 11.5. The van der Waals surface area contributed by atoms with Crippen LogP contribution < -0.4 is 10.1 Å². The molecule has 3 unspecified atom stereocenters. The minimum absolute atomic E-state index is 0.0227. The van der Waals surface area contributed by atoms with Crippen LogP contribution in [-0.2, 0) is 14.8 Å². The van der Waals surface area contributed by atoms with E-state index in [2.05, 4.69) is 5.32 Å². The van der Waals surface area contributed by atoms with Gasteiger partial charge in [-0.3, -0.25) is 9.59 Å². The molecule has 0 aromatic heterocycles. The Balaban J connectivity index is 1.58. The maximum absolute atomic E-state index is 13.7. The topological polar surface area (TPSA) is 96.0 Å². The summed E-state index contributed by atoms with van der Waals surface area (Å²) in [4.78, 5) is 28.9. The molecule has 1 saturated carbocycles. The molecule has 0 spiro atoms. The fraction of sp³-hybridized carbons (Fsp3) is 0.440. The van der Waals surface area contributed by atoms with Crippen LogP contribution in [0.1, 0.15) is 42.5 Å². The molecular weight excluding hydrogens is 454 g/mol. The second-order valence-electron chi connectivity index (χ2n) is 9.08. The van der Waals surface area contributed by atoms with Gasteiger partial charge in [0.05, 0.1) is 17.6 Å². The molecule has 9 heteroatoms. The summed E-state index contributed by atoms with van der Waals surface area (Å²) in [6.45, 7) is 0. The van der Waals surface area contributed by atoms with Crippen LogP contribution in [0.3, 0.4) is 0 Å². The number of likely N-dealkylation sites (tertiary alicyclic amines) is 1. The number of nitrogens with one attached hydrogen (secondary N) is 1. The van der Waals surface area contributed by atoms with Crippen molar-refractivity contribution in [1.82, 2.24) is 9.21 Å². The molecule has 0 radical (unpaired) electrons. The molecule has 1 N–H and O–H groups in total. The molecular formula is C25H31N3O5S. The number of sulfonamides is 1. The summed E-state index contributed by atoms with van der Waals surface area (Å²) >= 11 is 0. The first kappa shape index (κ1) is 24.2. The lowest BCUT2D eigenvalue weighted by atomic mass is 9.84. The van der Waals surface area contributed by atoms with Gasteiger partial charge in [0.2, 0.25) is 15.9 Å². The predicted molar refractivity (Wildman–Crippen MR) is 129 cm³/mol. The number of anilines is 1. The number of para-hydroxylation sites is 1. The van der Waals surface area contributed by atoms with Crippen LogP contribution in [0, 0.1) is 5.92 Å². The quantitative estimate of drug-likeness (QED) is 0.677. The van der Waals surface area contributed by atoms with Gasteiger partial charge in [-0.15, -0.1) is 0 Å². The molecule has 0 bridgehead atoms. The summed E-state index contributed by atoms with van der Waals surface area (Å²) < 4.78 is 31.2. The van der Waals surface area contributed by atoms with Crippen molar-refractivity contribution in [3.8, 4) is 5.75 Å². The Bertz CT molecular complexity index is 1160. The smallest absolute Gasteiger partial charge is 0.258 e. The second kappa shape index (κ2) is 9.76. The summed E-state index contributed by atoms with van der Waals surface area (Å²) in [6, 6.07) is 12.6. The third-order valence-corrected chi connectivity index (χ3v) is 8.69. The van der Waals surface area contributed by atoms with Crippen molar-refractivity contribution in [2.45, 2.75) is 49.1 Å². The Morgan fingerprint density at radius 3 is 2.38 bits per heavy atom. The number of amides is 2. The number of benzene rings is 2. The fourth-order valence-electron chi connectivity index (χ4n) is 5.09. The SMILES string of the molecule is COc1ccccc1C(=O)N1C(C(=O)Nc2ccc(S(=O)(=O)N(C)C)cc2)CC2CCCCC21. The number of carbonyl (C=O) groups excluding carboxylic acids is 2. The van der Waals surface area contributed by atoms with Gasteiger partial charge in [-0.25, -0.2) is 12.7 Å². The van der Waals surface area contributed by atoms with Crippen molar-refractivity contribution < 1.29 is 22.7 Å². The molecule has 2 amide bonds. The summed E-state index contributed by atoms with van der Waals surface area (Å²) in [6.07, 6.45) is 4.64. The van der Waals surface area contributed by atoms with E-state index in [1.807, 2.05) is 6.07 Å². The molecule has 2 aromatic carbocycles. The van der Waals surface area contributed by atoms with Crippen LogP contribution in [0.15, 0.2) is 53.4 Å². The monoisotopic (exact) mass is 485 g/mol. The number of hydrogen-bond acceptors (Lipinski definition) is 5. The minimum Gasteiger partial charge on any atom is -0.496 e. The van der Waals surface area contributed by atoms with Crippen LogP contribution in [-0.4, -0.2) is 62.7 Å². The Kier molecular flexibility index (Phi) is 6.95. The van der Waals surface area contributed by atoms with Crippen LogP contribution in [0.5, 0.6) is 5.75 Å². The Morgan fingerprint density at radius 2 is 1.71 bits per heavy atom. The highest BCUT2D eigenvalue weighted by molar-refractivity contribution is 7.89. The number of ether oxygens (including phenoxy) is 1. The number of methoxy groups -OCH3 is 1. The number of hydrogen-bond donors (Lipinski definition) is 1. The highest BCUT2D eigenvalue weighted by Gasteiger charge is 2.48. The van der Waals surface area contributed by atoms with Crippen molar-refractivity contribution in [3.05, 3.63) is 54.1 Å². The minimum atomic E-state index is -3.55. The molecule has 2 aliphatic rings. The van der Waals surface area contributed by atoms with Gasteiger partial charge in [-0.1, -0.05) is 25.0 Å². The van der Waals surface area contributed by atoms with Crippen LogP contribution in [0.25, 0.3) is 0 Å². The van der Waals surface area contributed by atoms with Crippen molar-refractivity contribution in [2.75, 3.05) is 26.5 Å². The summed E-state index contributed by atoms with van der Waals surface area (Å²) in [5, 5.41) is 2.89. The van der Waals surface area contributed by atoms with Crippen LogP contribution in [0.2, 0.25) is 0 Å².